The van der Waals surface area contributed by atoms with Gasteiger partial charge < -0.3 is 9.47 Å². The van der Waals surface area contributed by atoms with Gasteiger partial charge in [-0.25, -0.2) is 0 Å². The van der Waals surface area contributed by atoms with Gasteiger partial charge in [-0.2, -0.15) is 0 Å². The van der Waals surface area contributed by atoms with E-state index in [1.54, 1.807) is 20.3 Å². The van der Waals surface area contributed by atoms with Crippen molar-refractivity contribution in [1.82, 2.24) is 0 Å². The van der Waals surface area contributed by atoms with Crippen molar-refractivity contribution in [3.63, 3.8) is 0 Å². The zero-order valence-electron chi connectivity index (χ0n) is 10.3. The minimum Gasteiger partial charge on any atom is -0.497 e. The largest absolute Gasteiger partial charge is 0.497 e. The minimum atomic E-state index is 0.560. The average molecular weight is 242 g/mol. The number of hydrogen-bond donors (Lipinski definition) is 0. The van der Waals surface area contributed by atoms with Crippen LogP contribution in [0.1, 0.15) is 10.4 Å². The highest BCUT2D eigenvalue weighted by Crippen LogP contribution is 2.30. The summed E-state index contributed by atoms with van der Waals surface area (Å²) in [5.74, 6) is 1.37. The van der Waals surface area contributed by atoms with Crippen molar-refractivity contribution in [3.05, 3.63) is 48.0 Å². The van der Waals surface area contributed by atoms with Crippen molar-refractivity contribution in [1.29, 1.82) is 0 Å². The normalized spacial score (nSPS) is 9.89. The summed E-state index contributed by atoms with van der Waals surface area (Å²) in [7, 11) is 3.18. The number of carbonyl (C=O) groups excluding carboxylic acids is 1. The summed E-state index contributed by atoms with van der Waals surface area (Å²) in [6.07, 6.45) is 0.818. The van der Waals surface area contributed by atoms with E-state index >= 15 is 0 Å². The van der Waals surface area contributed by atoms with E-state index in [1.807, 2.05) is 36.4 Å². The lowest BCUT2D eigenvalue weighted by atomic mass is 9.99. The lowest BCUT2D eigenvalue weighted by molar-refractivity contribution is 0.112. The number of rotatable bonds is 4. The first kappa shape index (κ1) is 12.2. The Labute approximate surface area is 106 Å². The third kappa shape index (κ3) is 2.20. The molecular weight excluding hydrogens is 228 g/mol. The van der Waals surface area contributed by atoms with Crippen molar-refractivity contribution in [2.75, 3.05) is 14.2 Å². The van der Waals surface area contributed by atoms with E-state index < -0.39 is 0 Å². The number of benzene rings is 2. The maximum atomic E-state index is 11.2. The number of methoxy groups -OCH3 is 2. The van der Waals surface area contributed by atoms with Crippen LogP contribution in [0.25, 0.3) is 11.1 Å². The van der Waals surface area contributed by atoms with E-state index in [1.165, 1.54) is 0 Å². The molecule has 3 nitrogen and oxygen atoms in total. The van der Waals surface area contributed by atoms with E-state index in [4.69, 9.17) is 9.47 Å². The van der Waals surface area contributed by atoms with Gasteiger partial charge in [0.2, 0.25) is 0 Å². The van der Waals surface area contributed by atoms with E-state index in [-0.39, 0.29) is 0 Å². The Hall–Kier alpha value is -2.29. The maximum absolute atomic E-state index is 11.2. The predicted molar refractivity (Wildman–Crippen MR) is 70.4 cm³/mol. The van der Waals surface area contributed by atoms with Crippen LogP contribution in [0.4, 0.5) is 0 Å². The Bertz CT molecular complexity index is 544. The van der Waals surface area contributed by atoms with Gasteiger partial charge in [-0.05, 0) is 29.3 Å². The lowest BCUT2D eigenvalue weighted by Gasteiger charge is -2.10. The minimum absolute atomic E-state index is 0.560. The molecule has 0 atom stereocenters. The molecule has 2 aromatic rings. The second-order valence-electron chi connectivity index (χ2n) is 3.77. The van der Waals surface area contributed by atoms with Crippen molar-refractivity contribution < 1.29 is 14.3 Å². The molecule has 0 bridgehead atoms. The molecule has 0 radical (unpaired) electrons. The fourth-order valence-corrected chi connectivity index (χ4v) is 1.87. The Morgan fingerprint density at radius 1 is 0.944 bits per heavy atom. The Morgan fingerprint density at radius 3 is 2.22 bits per heavy atom. The van der Waals surface area contributed by atoms with Gasteiger partial charge in [-0.15, -0.1) is 0 Å². The summed E-state index contributed by atoms with van der Waals surface area (Å²) in [4.78, 5) is 11.2. The molecule has 0 aliphatic carbocycles. The molecule has 2 rings (SSSR count). The van der Waals surface area contributed by atoms with Crippen LogP contribution >= 0.6 is 0 Å². The first-order valence-electron chi connectivity index (χ1n) is 5.56. The predicted octanol–water partition coefficient (Wildman–Crippen LogP) is 3.18. The average Bonchev–Trinajstić information content (AvgIpc) is 2.46. The van der Waals surface area contributed by atoms with Gasteiger partial charge in [-0.1, -0.05) is 24.3 Å². The van der Waals surface area contributed by atoms with Gasteiger partial charge in [0.05, 0.1) is 19.8 Å². The van der Waals surface area contributed by atoms with Crippen LogP contribution < -0.4 is 9.47 Å². The Morgan fingerprint density at radius 2 is 1.67 bits per heavy atom. The Balaban J connectivity index is 2.52. The molecule has 0 unspecified atom stereocenters. The van der Waals surface area contributed by atoms with E-state index in [0.717, 1.165) is 23.2 Å². The summed E-state index contributed by atoms with van der Waals surface area (Å²) in [6, 6.07) is 13.1. The van der Waals surface area contributed by atoms with Crippen molar-refractivity contribution >= 4 is 6.29 Å². The molecule has 3 heteroatoms. The third-order valence-electron chi connectivity index (χ3n) is 2.80. The fraction of sp³-hybridized carbons (Fsp3) is 0.133. The van der Waals surface area contributed by atoms with Crippen LogP contribution in [-0.2, 0) is 0 Å². The molecule has 0 saturated carbocycles. The van der Waals surface area contributed by atoms with E-state index in [2.05, 4.69) is 0 Å². The first-order chi connectivity index (χ1) is 8.80. The summed E-state index contributed by atoms with van der Waals surface area (Å²) in [5, 5.41) is 0. The zero-order chi connectivity index (χ0) is 13.0. The molecule has 0 aliphatic rings. The number of ether oxygens (including phenoxy) is 2. The number of carbonyl (C=O) groups is 1. The molecule has 0 spiro atoms. The van der Waals surface area contributed by atoms with Crippen LogP contribution in [0, 0.1) is 0 Å². The van der Waals surface area contributed by atoms with Gasteiger partial charge in [0.25, 0.3) is 0 Å². The SMILES string of the molecule is COc1ccc(-c2cccc(OC)c2C=O)cc1. The fourth-order valence-electron chi connectivity index (χ4n) is 1.87. The molecule has 0 N–H and O–H groups in total. The molecule has 92 valence electrons. The molecule has 0 amide bonds. The monoisotopic (exact) mass is 242 g/mol. The van der Waals surface area contributed by atoms with Crippen LogP contribution in [0.2, 0.25) is 0 Å². The second-order valence-corrected chi connectivity index (χ2v) is 3.77. The summed E-state index contributed by atoms with van der Waals surface area (Å²) in [5.41, 5.74) is 2.37. The number of hydrogen-bond acceptors (Lipinski definition) is 3. The molecular formula is C15H14O3. The second kappa shape index (κ2) is 5.36. The quantitative estimate of drug-likeness (QED) is 0.772. The van der Waals surface area contributed by atoms with Gasteiger partial charge in [0.1, 0.15) is 11.5 Å². The van der Waals surface area contributed by atoms with E-state index in [9.17, 15) is 4.79 Å². The highest BCUT2D eigenvalue weighted by Gasteiger charge is 2.09. The molecule has 0 aliphatic heterocycles. The molecule has 0 aromatic heterocycles. The van der Waals surface area contributed by atoms with Gasteiger partial charge >= 0.3 is 0 Å². The smallest absolute Gasteiger partial charge is 0.154 e. The molecule has 0 heterocycles. The summed E-state index contributed by atoms with van der Waals surface area (Å²) in [6.45, 7) is 0. The maximum Gasteiger partial charge on any atom is 0.154 e. The van der Waals surface area contributed by atoms with E-state index in [0.29, 0.717) is 11.3 Å². The molecule has 0 fully saturated rings. The standard InChI is InChI=1S/C15H14O3/c1-17-12-8-6-11(7-9-12)13-4-3-5-15(18-2)14(13)10-16/h3-10H,1-2H3. The lowest BCUT2D eigenvalue weighted by Crippen LogP contribution is -1.93. The highest BCUT2D eigenvalue weighted by atomic mass is 16.5. The van der Waals surface area contributed by atoms with Crippen LogP contribution in [0.3, 0.4) is 0 Å². The van der Waals surface area contributed by atoms with Crippen molar-refractivity contribution in [2.45, 2.75) is 0 Å². The molecule has 18 heavy (non-hydrogen) atoms. The number of aldehydes is 1. The van der Waals surface area contributed by atoms with Crippen LogP contribution in [0.15, 0.2) is 42.5 Å². The van der Waals surface area contributed by atoms with Gasteiger partial charge in [0, 0.05) is 0 Å². The summed E-state index contributed by atoms with van der Waals surface area (Å²) >= 11 is 0. The third-order valence-corrected chi connectivity index (χ3v) is 2.80. The van der Waals surface area contributed by atoms with Gasteiger partial charge in [-0.3, -0.25) is 4.79 Å². The van der Waals surface area contributed by atoms with Crippen molar-refractivity contribution in [3.8, 4) is 22.6 Å². The molecule has 2 aromatic carbocycles. The summed E-state index contributed by atoms with van der Waals surface area (Å²) < 4.78 is 10.3. The zero-order valence-corrected chi connectivity index (χ0v) is 10.3. The molecule has 0 saturated heterocycles. The van der Waals surface area contributed by atoms with Crippen LogP contribution in [0.5, 0.6) is 11.5 Å². The first-order valence-corrected chi connectivity index (χ1v) is 5.56. The van der Waals surface area contributed by atoms with Crippen LogP contribution in [-0.4, -0.2) is 20.5 Å². The van der Waals surface area contributed by atoms with Gasteiger partial charge in [0.15, 0.2) is 6.29 Å². The highest BCUT2D eigenvalue weighted by molar-refractivity contribution is 5.91. The topological polar surface area (TPSA) is 35.5 Å². The van der Waals surface area contributed by atoms with Crippen molar-refractivity contribution in [2.24, 2.45) is 0 Å². The Kier molecular flexibility index (Phi) is 3.63.